The van der Waals surface area contributed by atoms with Crippen molar-refractivity contribution in [3.8, 4) is 5.88 Å². The van der Waals surface area contributed by atoms with Crippen molar-refractivity contribution in [2.24, 2.45) is 0 Å². The summed E-state index contributed by atoms with van der Waals surface area (Å²) in [5.41, 5.74) is 7.31. The molecule has 1 aromatic heterocycles. The van der Waals surface area contributed by atoms with Gasteiger partial charge in [0.05, 0.1) is 12.6 Å². The van der Waals surface area contributed by atoms with E-state index in [0.717, 1.165) is 12.0 Å². The zero-order chi connectivity index (χ0) is 15.2. The molecule has 0 bridgehead atoms. The van der Waals surface area contributed by atoms with Crippen molar-refractivity contribution >= 4 is 11.5 Å². The van der Waals surface area contributed by atoms with Crippen LogP contribution in [0.15, 0.2) is 30.6 Å². The number of rotatable bonds is 6. The fourth-order valence-corrected chi connectivity index (χ4v) is 1.85. The number of nitrogens with one attached hydrogen (secondary N) is 1. The molecule has 0 saturated carbocycles. The summed E-state index contributed by atoms with van der Waals surface area (Å²) in [4.78, 5) is 8.15. The van der Waals surface area contributed by atoms with E-state index in [1.807, 2.05) is 13.8 Å². The maximum atomic E-state index is 12.9. The van der Waals surface area contributed by atoms with E-state index in [-0.39, 0.29) is 11.9 Å². The highest BCUT2D eigenvalue weighted by Crippen LogP contribution is 2.28. The lowest BCUT2D eigenvalue weighted by Gasteiger charge is -2.17. The van der Waals surface area contributed by atoms with Gasteiger partial charge in [0.15, 0.2) is 5.82 Å². The lowest BCUT2D eigenvalue weighted by molar-refractivity contribution is 0.306. The van der Waals surface area contributed by atoms with Gasteiger partial charge in [-0.1, -0.05) is 19.1 Å². The first-order chi connectivity index (χ1) is 10.1. The Bertz CT molecular complexity index is 589. The highest BCUT2D eigenvalue weighted by atomic mass is 19.1. The molecule has 0 aliphatic carbocycles. The summed E-state index contributed by atoms with van der Waals surface area (Å²) in [5.74, 6) is 0.622. The van der Waals surface area contributed by atoms with Gasteiger partial charge in [-0.2, -0.15) is 4.98 Å². The Morgan fingerprint density at radius 3 is 2.67 bits per heavy atom. The zero-order valence-electron chi connectivity index (χ0n) is 12.1. The molecule has 3 N–H and O–H groups in total. The first-order valence-corrected chi connectivity index (χ1v) is 6.87. The van der Waals surface area contributed by atoms with Gasteiger partial charge >= 0.3 is 0 Å². The average Bonchev–Trinajstić information content (AvgIpc) is 2.49. The van der Waals surface area contributed by atoms with Crippen LogP contribution in [0.2, 0.25) is 0 Å². The van der Waals surface area contributed by atoms with Crippen molar-refractivity contribution in [3.05, 3.63) is 42.0 Å². The van der Waals surface area contributed by atoms with Crippen LogP contribution in [0.3, 0.4) is 0 Å². The van der Waals surface area contributed by atoms with Crippen LogP contribution in [0.1, 0.15) is 31.9 Å². The average molecular weight is 290 g/mol. The second-order valence-corrected chi connectivity index (χ2v) is 4.71. The molecule has 1 aromatic carbocycles. The van der Waals surface area contributed by atoms with Crippen LogP contribution in [-0.4, -0.2) is 16.6 Å². The first-order valence-electron chi connectivity index (χ1n) is 6.87. The standard InChI is InChI=1S/C15H19FN4O/c1-3-8-21-15-13(17)14(18-9-19-15)20-10(2)11-4-6-12(16)7-5-11/h4-7,9-10H,3,8,17H2,1-2H3,(H,18,19,20). The van der Waals surface area contributed by atoms with E-state index < -0.39 is 0 Å². The minimum absolute atomic E-state index is 0.0678. The minimum Gasteiger partial charge on any atom is -0.476 e. The van der Waals surface area contributed by atoms with Crippen LogP contribution >= 0.6 is 0 Å². The molecule has 0 radical (unpaired) electrons. The summed E-state index contributed by atoms with van der Waals surface area (Å²) in [6.07, 6.45) is 2.28. The van der Waals surface area contributed by atoms with Gasteiger partial charge < -0.3 is 15.8 Å². The molecule has 21 heavy (non-hydrogen) atoms. The van der Waals surface area contributed by atoms with Crippen molar-refractivity contribution < 1.29 is 9.13 Å². The van der Waals surface area contributed by atoms with Gasteiger partial charge in [-0.05, 0) is 31.0 Å². The smallest absolute Gasteiger partial charge is 0.242 e. The number of nitrogen functional groups attached to an aromatic ring is 1. The SMILES string of the molecule is CCCOc1ncnc(NC(C)c2ccc(F)cc2)c1N. The van der Waals surface area contributed by atoms with Gasteiger partial charge in [-0.15, -0.1) is 0 Å². The Balaban J connectivity index is 2.13. The third kappa shape index (κ3) is 3.81. The lowest BCUT2D eigenvalue weighted by Crippen LogP contribution is -2.11. The number of hydrogen-bond donors (Lipinski definition) is 2. The molecule has 112 valence electrons. The van der Waals surface area contributed by atoms with Gasteiger partial charge in [0, 0.05) is 0 Å². The predicted molar refractivity (Wildman–Crippen MR) is 80.7 cm³/mol. The van der Waals surface area contributed by atoms with E-state index >= 15 is 0 Å². The maximum absolute atomic E-state index is 12.9. The topological polar surface area (TPSA) is 73.1 Å². The molecular weight excluding hydrogens is 271 g/mol. The summed E-state index contributed by atoms with van der Waals surface area (Å²) >= 11 is 0. The van der Waals surface area contributed by atoms with E-state index in [1.165, 1.54) is 18.5 Å². The summed E-state index contributed by atoms with van der Waals surface area (Å²) in [7, 11) is 0. The van der Waals surface area contributed by atoms with E-state index in [1.54, 1.807) is 12.1 Å². The number of nitrogens with two attached hydrogens (primary N) is 1. The van der Waals surface area contributed by atoms with Crippen molar-refractivity contribution in [3.63, 3.8) is 0 Å². The Morgan fingerprint density at radius 2 is 2.00 bits per heavy atom. The van der Waals surface area contributed by atoms with Crippen molar-refractivity contribution in [2.75, 3.05) is 17.7 Å². The lowest BCUT2D eigenvalue weighted by atomic mass is 10.1. The molecule has 0 amide bonds. The molecule has 1 heterocycles. The molecule has 1 unspecified atom stereocenters. The second-order valence-electron chi connectivity index (χ2n) is 4.71. The molecule has 0 spiro atoms. The quantitative estimate of drug-likeness (QED) is 0.855. The van der Waals surface area contributed by atoms with Crippen LogP contribution < -0.4 is 15.8 Å². The molecule has 2 rings (SSSR count). The van der Waals surface area contributed by atoms with E-state index in [9.17, 15) is 4.39 Å². The van der Waals surface area contributed by atoms with Gasteiger partial charge in [-0.3, -0.25) is 0 Å². The molecule has 0 fully saturated rings. The summed E-state index contributed by atoms with van der Waals surface area (Å²) < 4.78 is 18.4. The third-order valence-corrected chi connectivity index (χ3v) is 3.01. The monoisotopic (exact) mass is 290 g/mol. The fourth-order valence-electron chi connectivity index (χ4n) is 1.85. The number of benzene rings is 1. The van der Waals surface area contributed by atoms with Crippen LogP contribution in [-0.2, 0) is 0 Å². The maximum Gasteiger partial charge on any atom is 0.242 e. The number of anilines is 2. The van der Waals surface area contributed by atoms with E-state index in [4.69, 9.17) is 10.5 Å². The molecule has 5 nitrogen and oxygen atoms in total. The van der Waals surface area contributed by atoms with Gasteiger partial charge in [0.1, 0.15) is 17.8 Å². The normalized spacial score (nSPS) is 12.0. The fraction of sp³-hybridized carbons (Fsp3) is 0.333. The van der Waals surface area contributed by atoms with Gasteiger partial charge in [0.2, 0.25) is 5.88 Å². The summed E-state index contributed by atoms with van der Waals surface area (Å²) in [6, 6.07) is 6.22. The number of nitrogens with zero attached hydrogens (tertiary/aromatic N) is 2. The summed E-state index contributed by atoms with van der Waals surface area (Å²) in [5, 5.41) is 3.18. The molecule has 6 heteroatoms. The third-order valence-electron chi connectivity index (χ3n) is 3.01. The zero-order valence-corrected chi connectivity index (χ0v) is 12.1. The van der Waals surface area contributed by atoms with Crippen molar-refractivity contribution in [1.29, 1.82) is 0 Å². The molecule has 0 aliphatic rings. The molecule has 1 atom stereocenters. The van der Waals surface area contributed by atoms with Crippen LogP contribution in [0.5, 0.6) is 5.88 Å². The van der Waals surface area contributed by atoms with Crippen LogP contribution in [0, 0.1) is 5.82 Å². The molecule has 2 aromatic rings. The van der Waals surface area contributed by atoms with Crippen molar-refractivity contribution in [2.45, 2.75) is 26.3 Å². The summed E-state index contributed by atoms with van der Waals surface area (Å²) in [6.45, 7) is 4.50. The van der Waals surface area contributed by atoms with E-state index in [0.29, 0.717) is 24.0 Å². The molecule has 0 saturated heterocycles. The highest BCUT2D eigenvalue weighted by Gasteiger charge is 2.12. The Morgan fingerprint density at radius 1 is 1.29 bits per heavy atom. The molecule has 0 aliphatic heterocycles. The second kappa shape index (κ2) is 6.88. The predicted octanol–water partition coefficient (Wildman–Crippen LogP) is 3.16. The Kier molecular flexibility index (Phi) is 4.92. The number of ether oxygens (including phenoxy) is 1. The number of aromatic nitrogens is 2. The molecular formula is C15H19FN4O. The minimum atomic E-state index is -0.261. The van der Waals surface area contributed by atoms with Crippen LogP contribution in [0.25, 0.3) is 0 Å². The Hall–Kier alpha value is -2.37. The number of hydrogen-bond acceptors (Lipinski definition) is 5. The van der Waals surface area contributed by atoms with E-state index in [2.05, 4.69) is 15.3 Å². The van der Waals surface area contributed by atoms with Gasteiger partial charge in [-0.25, -0.2) is 9.37 Å². The largest absolute Gasteiger partial charge is 0.476 e. The first kappa shape index (κ1) is 15.0. The Labute approximate surface area is 123 Å². The van der Waals surface area contributed by atoms with Gasteiger partial charge in [0.25, 0.3) is 0 Å². The van der Waals surface area contributed by atoms with Crippen LogP contribution in [0.4, 0.5) is 15.9 Å². The number of halogens is 1. The van der Waals surface area contributed by atoms with Crippen molar-refractivity contribution in [1.82, 2.24) is 9.97 Å². The highest BCUT2D eigenvalue weighted by molar-refractivity contribution is 5.66.